The van der Waals surface area contributed by atoms with E-state index < -0.39 is 17.7 Å². The Labute approximate surface area is 124 Å². The Morgan fingerprint density at radius 2 is 1.86 bits per heavy atom. The highest BCUT2D eigenvalue weighted by molar-refractivity contribution is 5.98. The van der Waals surface area contributed by atoms with E-state index in [9.17, 15) is 13.6 Å². The zero-order valence-corrected chi connectivity index (χ0v) is 11.4. The van der Waals surface area contributed by atoms with Crippen LogP contribution in [0.1, 0.15) is 11.1 Å². The molecule has 5 nitrogen and oxygen atoms in total. The number of urea groups is 1. The van der Waals surface area contributed by atoms with Crippen LogP contribution in [0.4, 0.5) is 19.4 Å². The zero-order chi connectivity index (χ0) is 15.7. The van der Waals surface area contributed by atoms with E-state index in [1.807, 2.05) is 6.07 Å². The molecule has 3 aromatic rings. The van der Waals surface area contributed by atoms with Crippen molar-refractivity contribution in [3.05, 3.63) is 59.2 Å². The third-order valence-electron chi connectivity index (χ3n) is 3.20. The number of anilines is 1. The second-order valence-corrected chi connectivity index (χ2v) is 4.90. The maximum absolute atomic E-state index is 13.2. The lowest BCUT2D eigenvalue weighted by Gasteiger charge is -2.04. The number of H-pyrrole nitrogens is 1. The first-order valence-corrected chi connectivity index (χ1v) is 6.50. The number of rotatable bonds is 3. The van der Waals surface area contributed by atoms with E-state index in [4.69, 9.17) is 5.73 Å². The number of aromatic nitrogens is 2. The van der Waals surface area contributed by atoms with E-state index in [1.54, 1.807) is 12.1 Å². The van der Waals surface area contributed by atoms with Crippen LogP contribution < -0.4 is 11.1 Å². The summed E-state index contributed by atoms with van der Waals surface area (Å²) in [6, 6.07) is 8.06. The molecule has 0 radical (unpaired) electrons. The number of halogens is 2. The van der Waals surface area contributed by atoms with E-state index in [0.29, 0.717) is 23.2 Å². The monoisotopic (exact) mass is 302 g/mol. The summed E-state index contributed by atoms with van der Waals surface area (Å²) in [4.78, 5) is 10.9. The number of hydrogen-bond donors (Lipinski definition) is 3. The van der Waals surface area contributed by atoms with Gasteiger partial charge in [-0.1, -0.05) is 6.07 Å². The molecule has 112 valence electrons. The highest BCUT2D eigenvalue weighted by Crippen LogP contribution is 2.23. The summed E-state index contributed by atoms with van der Waals surface area (Å²) >= 11 is 0. The Morgan fingerprint density at radius 1 is 1.14 bits per heavy atom. The number of primary amides is 1. The van der Waals surface area contributed by atoms with Crippen LogP contribution in [0, 0.1) is 11.6 Å². The second-order valence-electron chi connectivity index (χ2n) is 4.90. The van der Waals surface area contributed by atoms with E-state index in [-0.39, 0.29) is 0 Å². The van der Waals surface area contributed by atoms with Crippen molar-refractivity contribution < 1.29 is 13.6 Å². The van der Waals surface area contributed by atoms with Crippen LogP contribution in [0.2, 0.25) is 0 Å². The molecule has 0 unspecified atom stereocenters. The Bertz CT molecular complexity index is 840. The third-order valence-corrected chi connectivity index (χ3v) is 3.20. The normalized spacial score (nSPS) is 10.8. The molecule has 0 aliphatic rings. The fraction of sp³-hybridized carbons (Fsp3) is 0.0667. The first-order valence-electron chi connectivity index (χ1n) is 6.50. The fourth-order valence-corrected chi connectivity index (χ4v) is 2.33. The van der Waals surface area contributed by atoms with Crippen molar-refractivity contribution in [2.75, 3.05) is 5.32 Å². The molecule has 0 fully saturated rings. The van der Waals surface area contributed by atoms with Gasteiger partial charge in [-0.25, -0.2) is 13.6 Å². The van der Waals surface area contributed by atoms with Gasteiger partial charge in [0.25, 0.3) is 0 Å². The van der Waals surface area contributed by atoms with Crippen LogP contribution in [-0.2, 0) is 6.42 Å². The molecular weight excluding hydrogens is 290 g/mol. The van der Waals surface area contributed by atoms with Gasteiger partial charge in [0.15, 0.2) is 5.82 Å². The van der Waals surface area contributed by atoms with E-state index in [2.05, 4.69) is 15.5 Å². The van der Waals surface area contributed by atoms with Crippen molar-refractivity contribution in [2.45, 2.75) is 6.42 Å². The molecule has 0 aliphatic carbocycles. The van der Waals surface area contributed by atoms with Crippen molar-refractivity contribution in [1.82, 2.24) is 10.2 Å². The molecule has 0 saturated carbocycles. The van der Waals surface area contributed by atoms with Gasteiger partial charge in [-0.2, -0.15) is 5.10 Å². The molecule has 3 rings (SSSR count). The predicted molar refractivity (Wildman–Crippen MR) is 78.5 cm³/mol. The zero-order valence-electron chi connectivity index (χ0n) is 11.4. The summed E-state index contributed by atoms with van der Waals surface area (Å²) < 4.78 is 26.5. The Hall–Kier alpha value is -2.96. The van der Waals surface area contributed by atoms with Gasteiger partial charge in [0, 0.05) is 11.5 Å². The third kappa shape index (κ3) is 2.88. The van der Waals surface area contributed by atoms with Crippen LogP contribution in [0.3, 0.4) is 0 Å². The van der Waals surface area contributed by atoms with Gasteiger partial charge in [-0.3, -0.25) is 10.4 Å². The van der Waals surface area contributed by atoms with E-state index in [1.165, 1.54) is 12.1 Å². The minimum absolute atomic E-state index is 0.315. The van der Waals surface area contributed by atoms with Gasteiger partial charge in [0.1, 0.15) is 11.6 Å². The van der Waals surface area contributed by atoms with E-state index in [0.717, 1.165) is 17.1 Å². The minimum atomic E-state index is -0.717. The SMILES string of the molecule is NC(=O)Nc1n[nH]c2ccc(Cc3cc(F)cc(F)c3)cc12. The van der Waals surface area contributed by atoms with Crippen molar-refractivity contribution >= 4 is 22.8 Å². The molecule has 2 amide bonds. The number of carbonyl (C=O) groups is 1. The molecular formula is C15H12F2N4O. The average molecular weight is 302 g/mol. The lowest BCUT2D eigenvalue weighted by Crippen LogP contribution is -2.19. The highest BCUT2D eigenvalue weighted by Gasteiger charge is 2.09. The van der Waals surface area contributed by atoms with Gasteiger partial charge in [0.05, 0.1) is 5.52 Å². The maximum atomic E-state index is 13.2. The number of carbonyl (C=O) groups excluding carboxylic acids is 1. The molecule has 4 N–H and O–H groups in total. The first kappa shape index (κ1) is 14.0. The summed E-state index contributed by atoms with van der Waals surface area (Å²) in [5.74, 6) is -0.916. The summed E-state index contributed by atoms with van der Waals surface area (Å²) in [7, 11) is 0. The number of hydrogen-bond acceptors (Lipinski definition) is 2. The molecule has 0 bridgehead atoms. The standard InChI is InChI=1S/C15H12F2N4O/c16-10-4-9(5-11(17)7-10)3-8-1-2-13-12(6-8)14(21-20-13)19-15(18)22/h1-2,4-7H,3H2,(H4,18,19,20,21,22). The lowest BCUT2D eigenvalue weighted by molar-refractivity contribution is 0.259. The number of fused-ring (bicyclic) bond motifs is 1. The van der Waals surface area contributed by atoms with Crippen LogP contribution in [0.5, 0.6) is 0 Å². The van der Waals surface area contributed by atoms with Crippen molar-refractivity contribution in [3.63, 3.8) is 0 Å². The van der Waals surface area contributed by atoms with Crippen LogP contribution in [-0.4, -0.2) is 16.2 Å². The highest BCUT2D eigenvalue weighted by atomic mass is 19.1. The smallest absolute Gasteiger partial charge is 0.317 e. The first-order chi connectivity index (χ1) is 10.5. The molecule has 0 atom stereocenters. The Morgan fingerprint density at radius 3 is 2.55 bits per heavy atom. The molecule has 7 heteroatoms. The average Bonchev–Trinajstić information content (AvgIpc) is 2.79. The number of nitrogens with two attached hydrogens (primary N) is 1. The van der Waals surface area contributed by atoms with Crippen molar-refractivity contribution in [1.29, 1.82) is 0 Å². The van der Waals surface area contributed by atoms with Gasteiger partial charge < -0.3 is 5.73 Å². The summed E-state index contributed by atoms with van der Waals surface area (Å²) in [5, 5.41) is 9.81. The number of nitrogens with zero attached hydrogens (tertiary/aromatic N) is 1. The van der Waals surface area contributed by atoms with Crippen LogP contribution >= 0.6 is 0 Å². The largest absolute Gasteiger partial charge is 0.351 e. The second kappa shape index (κ2) is 5.44. The molecule has 2 aromatic carbocycles. The van der Waals surface area contributed by atoms with Crippen molar-refractivity contribution in [3.8, 4) is 0 Å². The Kier molecular flexibility index (Phi) is 3.46. The van der Waals surface area contributed by atoms with Crippen LogP contribution in [0.25, 0.3) is 10.9 Å². The molecule has 0 spiro atoms. The number of amides is 2. The van der Waals surface area contributed by atoms with E-state index >= 15 is 0 Å². The molecule has 22 heavy (non-hydrogen) atoms. The lowest BCUT2D eigenvalue weighted by atomic mass is 10.0. The van der Waals surface area contributed by atoms with Crippen LogP contribution in [0.15, 0.2) is 36.4 Å². The van der Waals surface area contributed by atoms with Gasteiger partial charge >= 0.3 is 6.03 Å². The maximum Gasteiger partial charge on any atom is 0.317 e. The topological polar surface area (TPSA) is 83.8 Å². The minimum Gasteiger partial charge on any atom is -0.351 e. The number of nitrogens with one attached hydrogen (secondary N) is 2. The predicted octanol–water partition coefficient (Wildman–Crippen LogP) is 2.92. The molecule has 1 aromatic heterocycles. The fourth-order valence-electron chi connectivity index (χ4n) is 2.33. The Balaban J connectivity index is 1.95. The quantitative estimate of drug-likeness (QED) is 0.695. The van der Waals surface area contributed by atoms with Gasteiger partial charge in [-0.05, 0) is 41.8 Å². The van der Waals surface area contributed by atoms with Gasteiger partial charge in [0.2, 0.25) is 0 Å². The summed E-state index contributed by atoms with van der Waals surface area (Å²) in [6.45, 7) is 0. The molecule has 0 saturated heterocycles. The summed E-state index contributed by atoms with van der Waals surface area (Å²) in [6.07, 6.45) is 0.353. The van der Waals surface area contributed by atoms with Crippen molar-refractivity contribution in [2.24, 2.45) is 5.73 Å². The number of benzene rings is 2. The summed E-state index contributed by atoms with van der Waals surface area (Å²) in [5.41, 5.74) is 7.15. The van der Waals surface area contributed by atoms with Gasteiger partial charge in [-0.15, -0.1) is 0 Å². The number of aromatic amines is 1. The molecule has 1 heterocycles. The molecule has 0 aliphatic heterocycles.